The van der Waals surface area contributed by atoms with Crippen molar-refractivity contribution in [1.82, 2.24) is 0 Å². The Labute approximate surface area is 129 Å². The predicted octanol–water partition coefficient (Wildman–Crippen LogP) is 1.79. The highest BCUT2D eigenvalue weighted by Gasteiger charge is 2.16. The van der Waals surface area contributed by atoms with E-state index in [0.717, 1.165) is 5.56 Å². The zero-order chi connectivity index (χ0) is 16.9. The van der Waals surface area contributed by atoms with Crippen molar-refractivity contribution >= 4 is 17.3 Å². The molecule has 120 valence electrons. The van der Waals surface area contributed by atoms with E-state index in [-0.39, 0.29) is 12.2 Å². The normalized spacial score (nSPS) is 12.7. The Morgan fingerprint density at radius 2 is 1.82 bits per heavy atom. The average Bonchev–Trinajstić information content (AvgIpc) is 2.45. The van der Waals surface area contributed by atoms with E-state index < -0.39 is 12.0 Å². The van der Waals surface area contributed by atoms with Crippen LogP contribution in [-0.2, 0) is 9.59 Å². The molecule has 0 saturated carbocycles. The van der Waals surface area contributed by atoms with Gasteiger partial charge in [0.25, 0.3) is 0 Å². The van der Waals surface area contributed by atoms with Crippen molar-refractivity contribution in [1.29, 1.82) is 0 Å². The van der Waals surface area contributed by atoms with Gasteiger partial charge in [-0.15, -0.1) is 0 Å². The van der Waals surface area contributed by atoms with Gasteiger partial charge in [0.15, 0.2) is 11.5 Å². The molecule has 1 unspecified atom stereocenters. The number of hydrogen-bond acceptors (Lipinski definition) is 5. The fourth-order valence-corrected chi connectivity index (χ4v) is 2.13. The standard InChI is InChI=1S/C16H21NO5/c1-9-5-14(21-3)15(22-4)8-12(9)11(6-10(2)18)7-13(17)16(19)20/h5,7-8,13H,6,17H2,1-4H3,(H,19,20)/b11-7-. The Bertz CT molecular complexity index is 607. The molecular weight excluding hydrogens is 286 g/mol. The number of ketones is 1. The molecule has 0 bridgehead atoms. The summed E-state index contributed by atoms with van der Waals surface area (Å²) in [6.45, 7) is 3.29. The number of aliphatic carboxylic acids is 1. The van der Waals surface area contributed by atoms with Gasteiger partial charge in [-0.3, -0.25) is 9.59 Å². The Balaban J connectivity index is 3.42. The van der Waals surface area contributed by atoms with Crippen molar-refractivity contribution in [2.45, 2.75) is 26.3 Å². The number of carboxylic acids is 1. The Hall–Kier alpha value is -2.34. The molecule has 0 aliphatic heterocycles. The van der Waals surface area contributed by atoms with Gasteiger partial charge in [0.05, 0.1) is 14.2 Å². The van der Waals surface area contributed by atoms with Crippen LogP contribution in [-0.4, -0.2) is 37.1 Å². The van der Waals surface area contributed by atoms with Crippen LogP contribution in [0.2, 0.25) is 0 Å². The lowest BCUT2D eigenvalue weighted by molar-refractivity contribution is -0.137. The van der Waals surface area contributed by atoms with Crippen molar-refractivity contribution in [3.63, 3.8) is 0 Å². The first kappa shape index (κ1) is 17.7. The molecular formula is C16H21NO5. The quantitative estimate of drug-likeness (QED) is 0.796. The molecule has 1 aromatic carbocycles. The number of benzene rings is 1. The number of carbonyl (C=O) groups excluding carboxylic acids is 1. The summed E-state index contributed by atoms with van der Waals surface area (Å²) < 4.78 is 10.5. The molecule has 0 heterocycles. The van der Waals surface area contributed by atoms with E-state index in [2.05, 4.69) is 0 Å². The maximum atomic E-state index is 11.5. The number of ether oxygens (including phenoxy) is 2. The zero-order valence-electron chi connectivity index (χ0n) is 13.2. The number of rotatable bonds is 7. The molecule has 6 heteroatoms. The van der Waals surface area contributed by atoms with Gasteiger partial charge in [-0.2, -0.15) is 0 Å². The maximum absolute atomic E-state index is 11.5. The second-order valence-corrected chi connectivity index (χ2v) is 4.96. The molecule has 0 aliphatic carbocycles. The van der Waals surface area contributed by atoms with Gasteiger partial charge >= 0.3 is 5.97 Å². The maximum Gasteiger partial charge on any atom is 0.324 e. The fraction of sp³-hybridized carbons (Fsp3) is 0.375. The van der Waals surface area contributed by atoms with Gasteiger partial charge in [-0.25, -0.2) is 0 Å². The summed E-state index contributed by atoms with van der Waals surface area (Å²) in [4.78, 5) is 22.4. The summed E-state index contributed by atoms with van der Waals surface area (Å²) in [7, 11) is 3.04. The molecule has 0 spiro atoms. The Morgan fingerprint density at radius 3 is 2.27 bits per heavy atom. The van der Waals surface area contributed by atoms with Crippen LogP contribution in [0, 0.1) is 6.92 Å². The lowest BCUT2D eigenvalue weighted by Crippen LogP contribution is -2.28. The molecule has 1 atom stereocenters. The summed E-state index contributed by atoms with van der Waals surface area (Å²) >= 11 is 0. The molecule has 1 aromatic rings. The highest BCUT2D eigenvalue weighted by molar-refractivity contribution is 5.91. The van der Waals surface area contributed by atoms with Crippen LogP contribution in [0.4, 0.5) is 0 Å². The van der Waals surface area contributed by atoms with Crippen molar-refractivity contribution in [3.8, 4) is 11.5 Å². The molecule has 0 radical (unpaired) electrons. The number of nitrogens with two attached hydrogens (primary N) is 1. The van der Waals surface area contributed by atoms with Gasteiger partial charge in [0, 0.05) is 6.42 Å². The molecule has 1 rings (SSSR count). The minimum absolute atomic E-state index is 0.0852. The summed E-state index contributed by atoms with van der Waals surface area (Å²) in [6, 6.07) is 2.31. The van der Waals surface area contributed by atoms with Crippen LogP contribution in [0.3, 0.4) is 0 Å². The minimum Gasteiger partial charge on any atom is -0.493 e. The first-order chi connectivity index (χ1) is 10.3. The lowest BCUT2D eigenvalue weighted by atomic mass is 9.94. The van der Waals surface area contributed by atoms with Crippen molar-refractivity contribution in [2.24, 2.45) is 5.73 Å². The first-order valence-corrected chi connectivity index (χ1v) is 6.71. The van der Waals surface area contributed by atoms with E-state index in [0.29, 0.717) is 22.6 Å². The zero-order valence-corrected chi connectivity index (χ0v) is 13.2. The number of aryl methyl sites for hydroxylation is 1. The smallest absolute Gasteiger partial charge is 0.324 e. The largest absolute Gasteiger partial charge is 0.493 e. The summed E-state index contributed by atoms with van der Waals surface area (Å²) in [5, 5.41) is 8.96. The molecule has 3 N–H and O–H groups in total. The molecule has 0 fully saturated rings. The van der Waals surface area contributed by atoms with Crippen LogP contribution in [0.15, 0.2) is 18.2 Å². The van der Waals surface area contributed by atoms with Crippen molar-refractivity contribution in [3.05, 3.63) is 29.3 Å². The van der Waals surface area contributed by atoms with E-state index >= 15 is 0 Å². The molecule has 0 amide bonds. The fourth-order valence-electron chi connectivity index (χ4n) is 2.13. The molecule has 0 aliphatic rings. The van der Waals surface area contributed by atoms with Crippen molar-refractivity contribution < 1.29 is 24.2 Å². The molecule has 0 aromatic heterocycles. The monoisotopic (exact) mass is 307 g/mol. The Morgan fingerprint density at radius 1 is 1.27 bits per heavy atom. The number of Topliss-reactive ketones (excluding diaryl/α,β-unsaturated/α-hetero) is 1. The third-order valence-electron chi connectivity index (χ3n) is 3.18. The SMILES string of the molecule is COc1cc(C)c(/C(=C\C(N)C(=O)O)CC(C)=O)cc1OC. The van der Waals surface area contributed by atoms with E-state index in [9.17, 15) is 9.59 Å². The molecule has 0 saturated heterocycles. The second kappa shape index (κ2) is 7.61. The summed E-state index contributed by atoms with van der Waals surface area (Å²) in [5.74, 6) is -0.174. The predicted molar refractivity (Wildman–Crippen MR) is 83.2 cm³/mol. The van der Waals surface area contributed by atoms with Gasteiger partial charge in [0.1, 0.15) is 11.8 Å². The van der Waals surface area contributed by atoms with Crippen LogP contribution in [0.5, 0.6) is 11.5 Å². The average molecular weight is 307 g/mol. The van der Waals surface area contributed by atoms with Crippen LogP contribution < -0.4 is 15.2 Å². The highest BCUT2D eigenvalue weighted by Crippen LogP contribution is 2.34. The topological polar surface area (TPSA) is 98.9 Å². The summed E-state index contributed by atoms with van der Waals surface area (Å²) in [6.07, 6.45) is 1.48. The van der Waals surface area contributed by atoms with E-state index in [1.807, 2.05) is 6.92 Å². The van der Waals surface area contributed by atoms with Gasteiger partial charge in [-0.1, -0.05) is 6.08 Å². The summed E-state index contributed by atoms with van der Waals surface area (Å²) in [5.41, 5.74) is 7.67. The Kier molecular flexibility index (Phi) is 6.12. The number of allylic oxidation sites excluding steroid dienone is 1. The number of carboxylic acid groups (broad SMARTS) is 1. The third-order valence-corrected chi connectivity index (χ3v) is 3.18. The van der Waals surface area contributed by atoms with Crippen LogP contribution in [0.25, 0.3) is 5.57 Å². The first-order valence-electron chi connectivity index (χ1n) is 6.71. The highest BCUT2D eigenvalue weighted by atomic mass is 16.5. The third kappa shape index (κ3) is 4.33. The van der Waals surface area contributed by atoms with Crippen molar-refractivity contribution in [2.75, 3.05) is 14.2 Å². The minimum atomic E-state index is -1.18. The van der Waals surface area contributed by atoms with E-state index in [1.165, 1.54) is 27.2 Å². The number of carbonyl (C=O) groups is 2. The van der Waals surface area contributed by atoms with Gasteiger partial charge in [0.2, 0.25) is 0 Å². The van der Waals surface area contributed by atoms with Crippen LogP contribution in [0.1, 0.15) is 24.5 Å². The van der Waals surface area contributed by atoms with E-state index in [1.54, 1.807) is 12.1 Å². The molecule has 6 nitrogen and oxygen atoms in total. The number of hydrogen-bond donors (Lipinski definition) is 2. The van der Waals surface area contributed by atoms with Crippen LogP contribution >= 0.6 is 0 Å². The van der Waals surface area contributed by atoms with E-state index in [4.69, 9.17) is 20.3 Å². The molecule has 22 heavy (non-hydrogen) atoms. The van der Waals surface area contributed by atoms with Gasteiger partial charge in [-0.05, 0) is 42.7 Å². The lowest BCUT2D eigenvalue weighted by Gasteiger charge is -2.15. The van der Waals surface area contributed by atoms with Gasteiger partial charge < -0.3 is 20.3 Å². The number of methoxy groups -OCH3 is 2. The second-order valence-electron chi connectivity index (χ2n) is 4.96.